The summed E-state index contributed by atoms with van der Waals surface area (Å²) in [5.74, 6) is 0. The number of unbranched alkanes of at least 4 members (excludes halogenated alkanes) is 6. The number of hydrogen-bond acceptors (Lipinski definition) is 3. The molecule has 0 aromatic carbocycles. The van der Waals surface area contributed by atoms with Crippen LogP contribution in [0, 0.1) is 0 Å². The minimum atomic E-state index is 0.297. The summed E-state index contributed by atoms with van der Waals surface area (Å²) >= 11 is 0. The predicted octanol–water partition coefficient (Wildman–Crippen LogP) is 9.48. The molecule has 3 heteroatoms. The Bertz CT molecular complexity index is 418. The first-order chi connectivity index (χ1) is 16.6. The molecule has 0 aliphatic carbocycles. The van der Waals surface area contributed by atoms with Crippen LogP contribution in [0.5, 0.6) is 0 Å². The van der Waals surface area contributed by atoms with Gasteiger partial charge in [0.15, 0.2) is 0 Å². The highest BCUT2D eigenvalue weighted by atomic mass is 16.5. The van der Waals surface area contributed by atoms with Crippen molar-refractivity contribution < 1.29 is 4.74 Å². The maximum atomic E-state index is 7.27. The summed E-state index contributed by atoms with van der Waals surface area (Å²) in [6, 6.07) is 3.15. The van der Waals surface area contributed by atoms with Gasteiger partial charge in [0.05, 0.1) is 12.2 Å². The monoisotopic (exact) mass is 497 g/mol. The third kappa shape index (κ3) is 12.8. The second-order valence-corrected chi connectivity index (χ2v) is 12.1. The van der Waals surface area contributed by atoms with Crippen molar-refractivity contribution in [2.24, 2.45) is 0 Å². The van der Waals surface area contributed by atoms with E-state index < -0.39 is 0 Å². The molecule has 0 amide bonds. The summed E-state index contributed by atoms with van der Waals surface area (Å²) in [4.78, 5) is 5.51. The van der Waals surface area contributed by atoms with E-state index in [4.69, 9.17) is 4.74 Å². The highest BCUT2D eigenvalue weighted by Crippen LogP contribution is 2.29. The average molecular weight is 497 g/mol. The van der Waals surface area contributed by atoms with Crippen molar-refractivity contribution in [2.45, 2.75) is 209 Å². The first-order valence-electron chi connectivity index (χ1n) is 15.8. The molecule has 4 atom stereocenters. The fourth-order valence-corrected chi connectivity index (χ4v) is 6.48. The molecule has 0 heterocycles. The number of hydrogen-bond donors (Lipinski definition) is 0. The normalized spacial score (nSPS) is 16.3. The molecule has 35 heavy (non-hydrogen) atoms. The van der Waals surface area contributed by atoms with Crippen molar-refractivity contribution in [2.75, 3.05) is 0 Å². The average Bonchev–Trinajstić information content (AvgIpc) is 2.78. The Labute approximate surface area is 223 Å². The number of rotatable bonds is 22. The molecule has 0 aliphatic heterocycles. The predicted molar refractivity (Wildman–Crippen MR) is 159 cm³/mol. The van der Waals surface area contributed by atoms with Gasteiger partial charge < -0.3 is 4.74 Å². The molecule has 0 rings (SSSR count). The largest absolute Gasteiger partial charge is 0.372 e. The number of nitrogens with zero attached hydrogens (tertiary/aromatic N) is 2. The fraction of sp³-hybridized carbons (Fsp3) is 1.00. The molecule has 0 aromatic rings. The number of ether oxygens (including phenoxy) is 1. The van der Waals surface area contributed by atoms with Gasteiger partial charge in [-0.1, -0.05) is 79.1 Å². The molecule has 0 radical (unpaired) electrons. The van der Waals surface area contributed by atoms with E-state index in [1.807, 2.05) is 0 Å². The Balaban J connectivity index is 5.96. The van der Waals surface area contributed by atoms with Crippen molar-refractivity contribution in [3.63, 3.8) is 0 Å². The maximum absolute atomic E-state index is 7.27. The van der Waals surface area contributed by atoms with Gasteiger partial charge in [0.25, 0.3) is 0 Å². The first kappa shape index (κ1) is 34.9. The molecule has 3 nitrogen and oxygen atoms in total. The van der Waals surface area contributed by atoms with Gasteiger partial charge in [-0.25, -0.2) is 0 Å². The molecule has 0 aromatic heterocycles. The standard InChI is InChI=1S/C32H68N2O/c1-13-17-19-21-23-29(33(25(5)6)26(7)8)31(15-3)35-32(16-4)30(24-22-20-18-14-2)34(27(9)10)28(11)12/h25-32H,13-24H2,1-12H3. The maximum Gasteiger partial charge on any atom is 0.0732 e. The topological polar surface area (TPSA) is 15.7 Å². The molecule has 0 N–H and O–H groups in total. The smallest absolute Gasteiger partial charge is 0.0732 e. The zero-order chi connectivity index (χ0) is 27.0. The van der Waals surface area contributed by atoms with E-state index in [0.717, 1.165) is 12.8 Å². The Hall–Kier alpha value is -0.120. The summed E-state index contributed by atoms with van der Waals surface area (Å²) < 4.78 is 7.27. The van der Waals surface area contributed by atoms with Gasteiger partial charge in [-0.15, -0.1) is 0 Å². The minimum absolute atomic E-state index is 0.297. The summed E-state index contributed by atoms with van der Waals surface area (Å²) in [5.41, 5.74) is 0. The molecule has 0 aliphatic rings. The van der Waals surface area contributed by atoms with E-state index in [9.17, 15) is 0 Å². The lowest BCUT2D eigenvalue weighted by molar-refractivity contribution is -0.113. The van der Waals surface area contributed by atoms with Crippen LogP contribution >= 0.6 is 0 Å². The van der Waals surface area contributed by atoms with E-state index in [1.54, 1.807) is 0 Å². The van der Waals surface area contributed by atoms with Crippen LogP contribution in [0.4, 0.5) is 0 Å². The van der Waals surface area contributed by atoms with Gasteiger partial charge in [-0.3, -0.25) is 9.80 Å². The van der Waals surface area contributed by atoms with E-state index in [0.29, 0.717) is 48.5 Å². The lowest BCUT2D eigenvalue weighted by atomic mass is 9.94. The lowest BCUT2D eigenvalue weighted by Gasteiger charge is -2.46. The molecular weight excluding hydrogens is 428 g/mol. The highest BCUT2D eigenvalue weighted by Gasteiger charge is 2.36. The summed E-state index contributed by atoms with van der Waals surface area (Å²) in [5, 5.41) is 0. The van der Waals surface area contributed by atoms with Crippen LogP contribution in [0.3, 0.4) is 0 Å². The van der Waals surface area contributed by atoms with Gasteiger partial charge in [0.2, 0.25) is 0 Å². The van der Waals surface area contributed by atoms with Crippen molar-refractivity contribution in [3.8, 4) is 0 Å². The third-order valence-electron chi connectivity index (χ3n) is 7.87. The quantitative estimate of drug-likeness (QED) is 0.139. The molecule has 0 fully saturated rings. The van der Waals surface area contributed by atoms with Crippen LogP contribution in [0.2, 0.25) is 0 Å². The van der Waals surface area contributed by atoms with Gasteiger partial charge in [-0.2, -0.15) is 0 Å². The van der Waals surface area contributed by atoms with Crippen molar-refractivity contribution in [3.05, 3.63) is 0 Å². The van der Waals surface area contributed by atoms with Crippen LogP contribution in [-0.2, 0) is 4.74 Å². The summed E-state index contributed by atoms with van der Waals surface area (Å²) in [7, 11) is 0. The molecule has 4 unspecified atom stereocenters. The van der Waals surface area contributed by atoms with Crippen LogP contribution in [0.1, 0.15) is 160 Å². The molecule has 0 bridgehead atoms. The van der Waals surface area contributed by atoms with Gasteiger partial charge in [-0.05, 0) is 81.1 Å². The van der Waals surface area contributed by atoms with Crippen LogP contribution in [0.15, 0.2) is 0 Å². The zero-order valence-corrected chi connectivity index (χ0v) is 26.4. The molecule has 0 saturated carbocycles. The highest BCUT2D eigenvalue weighted by molar-refractivity contribution is 4.89. The zero-order valence-electron chi connectivity index (χ0n) is 26.4. The Kier molecular flexibility index (Phi) is 19.9. The second kappa shape index (κ2) is 19.9. The van der Waals surface area contributed by atoms with Gasteiger partial charge >= 0.3 is 0 Å². The Morgan fingerprint density at radius 3 is 1.00 bits per heavy atom. The SMILES string of the molecule is CCCCCCC(C(CC)OC(CC)C(CCCCCC)N(C(C)C)C(C)C)N(C(C)C)C(C)C. The van der Waals surface area contributed by atoms with Crippen molar-refractivity contribution >= 4 is 0 Å². The van der Waals surface area contributed by atoms with E-state index in [-0.39, 0.29) is 0 Å². The molecule has 0 spiro atoms. The van der Waals surface area contributed by atoms with Crippen LogP contribution in [-0.4, -0.2) is 58.3 Å². The Morgan fingerprint density at radius 1 is 0.457 bits per heavy atom. The van der Waals surface area contributed by atoms with E-state index in [1.165, 1.54) is 64.2 Å². The first-order valence-corrected chi connectivity index (χ1v) is 15.8. The van der Waals surface area contributed by atoms with Crippen LogP contribution < -0.4 is 0 Å². The van der Waals surface area contributed by atoms with Gasteiger partial charge in [0, 0.05) is 36.3 Å². The van der Waals surface area contributed by atoms with E-state index >= 15 is 0 Å². The second-order valence-electron chi connectivity index (χ2n) is 12.1. The van der Waals surface area contributed by atoms with Crippen molar-refractivity contribution in [1.82, 2.24) is 9.80 Å². The lowest BCUT2D eigenvalue weighted by Crippen LogP contribution is -2.55. The fourth-order valence-electron chi connectivity index (χ4n) is 6.48. The van der Waals surface area contributed by atoms with Crippen LogP contribution in [0.25, 0.3) is 0 Å². The van der Waals surface area contributed by atoms with E-state index in [2.05, 4.69) is 92.9 Å². The summed E-state index contributed by atoms with van der Waals surface area (Å²) in [6.07, 6.45) is 15.9. The molecular formula is C32H68N2O. The molecule has 0 saturated heterocycles. The molecule has 212 valence electrons. The Morgan fingerprint density at radius 2 is 0.771 bits per heavy atom. The van der Waals surface area contributed by atoms with Gasteiger partial charge in [0.1, 0.15) is 0 Å². The third-order valence-corrected chi connectivity index (χ3v) is 7.87. The minimum Gasteiger partial charge on any atom is -0.372 e. The van der Waals surface area contributed by atoms with Crippen molar-refractivity contribution in [1.29, 1.82) is 0 Å². The summed E-state index contributed by atoms with van der Waals surface area (Å²) in [6.45, 7) is 28.3.